The molecule has 0 spiro atoms. The van der Waals surface area contributed by atoms with Gasteiger partial charge in [0.1, 0.15) is 0 Å². The summed E-state index contributed by atoms with van der Waals surface area (Å²) in [5.41, 5.74) is 0. The van der Waals surface area contributed by atoms with E-state index in [0.29, 0.717) is 0 Å². The molecular weight excluding hydrogens is 251 g/mol. The van der Waals surface area contributed by atoms with Crippen LogP contribution in [-0.2, 0) is 48.6 Å². The van der Waals surface area contributed by atoms with Crippen molar-refractivity contribution in [2.24, 2.45) is 0 Å². The second-order valence-electron chi connectivity index (χ2n) is 0. The molecule has 1 radical (unpaired) electrons. The third-order valence-electron chi connectivity index (χ3n) is 0. The fourth-order valence-corrected chi connectivity index (χ4v) is 0. The molecular formula is CH11AlNbSiZr. The summed E-state index contributed by atoms with van der Waals surface area (Å²) < 4.78 is 0. The largest absolute Gasteiger partial charge is 0.187 e. The first kappa shape index (κ1) is 53.2. The summed E-state index contributed by atoms with van der Waals surface area (Å²) in [4.78, 5) is 0. The molecule has 0 saturated carbocycles. The third-order valence-corrected chi connectivity index (χ3v) is 0. The Bertz CT molecular complexity index is 11.6. The van der Waals surface area contributed by atoms with E-state index in [-0.39, 0.29) is 84.3 Å². The normalized spacial score (nSPS) is 0. The van der Waals surface area contributed by atoms with Crippen molar-refractivity contribution in [3.8, 4) is 0 Å². The van der Waals surface area contributed by atoms with Crippen LogP contribution in [0.3, 0.4) is 0 Å². The summed E-state index contributed by atoms with van der Waals surface area (Å²) >= 11 is 0. The van der Waals surface area contributed by atoms with Gasteiger partial charge in [-0.1, -0.05) is 7.43 Å². The van der Waals surface area contributed by atoms with Gasteiger partial charge >= 0.3 is 0 Å². The molecule has 4 heteroatoms. The summed E-state index contributed by atoms with van der Waals surface area (Å²) in [5.74, 6) is 0. The predicted molar refractivity (Wildman–Crippen MR) is 28.0 cm³/mol. The zero-order valence-electron chi connectivity index (χ0n) is 0.947. The molecule has 5 heavy (non-hydrogen) atoms. The molecule has 0 aromatic heterocycles. The maximum atomic E-state index is 0. The van der Waals surface area contributed by atoms with Gasteiger partial charge in [-0.3, -0.25) is 0 Å². The Kier molecular flexibility index (Phi) is 348. The second kappa shape index (κ2) is 32.7. The molecule has 0 bridgehead atoms. The summed E-state index contributed by atoms with van der Waals surface area (Å²) in [5, 5.41) is 0. The van der Waals surface area contributed by atoms with Crippen molar-refractivity contribution in [1.82, 2.24) is 0 Å². The summed E-state index contributed by atoms with van der Waals surface area (Å²) in [7, 11) is 0. The fraction of sp³-hybridized carbons (Fsp3) is 1.00. The van der Waals surface area contributed by atoms with Crippen molar-refractivity contribution < 1.29 is 48.6 Å². The average Bonchev–Trinajstić information content (AvgIpc) is 0. The molecule has 0 N–H and O–H groups in total. The summed E-state index contributed by atoms with van der Waals surface area (Å²) in [6.45, 7) is 0. The van der Waals surface area contributed by atoms with Gasteiger partial charge in [0, 0.05) is 48.6 Å². The van der Waals surface area contributed by atoms with Gasteiger partial charge in [0.2, 0.25) is 0 Å². The van der Waals surface area contributed by atoms with Crippen LogP contribution < -0.4 is 0 Å². The molecule has 0 nitrogen and oxygen atoms in total. The molecule has 0 aromatic rings. The first-order chi connectivity index (χ1) is 0. The Morgan fingerprint density at radius 2 is 1.00 bits per heavy atom. The van der Waals surface area contributed by atoms with Gasteiger partial charge in [-0.25, -0.2) is 0 Å². The van der Waals surface area contributed by atoms with Gasteiger partial charge in [-0.2, -0.15) is 0 Å². The topological polar surface area (TPSA) is 0 Å². The van der Waals surface area contributed by atoms with Crippen LogP contribution in [-0.4, -0.2) is 28.3 Å². The van der Waals surface area contributed by atoms with E-state index in [1.54, 1.807) is 0 Å². The van der Waals surface area contributed by atoms with Gasteiger partial charge in [-0.15, -0.1) is 0 Å². The first-order valence-corrected chi connectivity index (χ1v) is 0. The fourth-order valence-electron chi connectivity index (χ4n) is 0. The molecule has 31 valence electrons. The van der Waals surface area contributed by atoms with Crippen LogP contribution in [0.2, 0.25) is 0 Å². The smallest absolute Gasteiger partial charge is 0.0776 e. The molecule has 0 rings (SSSR count). The van der Waals surface area contributed by atoms with Crippen LogP contribution >= 0.6 is 0 Å². The van der Waals surface area contributed by atoms with Crippen molar-refractivity contribution in [2.75, 3.05) is 0 Å². The standard InChI is InChI=1S/CH4.Al.Nb.H4Si.Zr.3H/h1H4;;;1H4;;;;. The van der Waals surface area contributed by atoms with Gasteiger partial charge in [-0.05, 0) is 11.0 Å². The quantitative estimate of drug-likeness (QED) is 0.443. The van der Waals surface area contributed by atoms with Gasteiger partial charge in [0.25, 0.3) is 0 Å². The van der Waals surface area contributed by atoms with E-state index >= 15 is 0 Å². The van der Waals surface area contributed by atoms with E-state index in [1.807, 2.05) is 0 Å². The SMILES string of the molecule is C.[AlH3].[Nb].[SiH4].[Zr]. The molecule has 0 atom stereocenters. The Morgan fingerprint density at radius 3 is 1.00 bits per heavy atom. The minimum absolute atomic E-state index is 0. The molecule has 0 saturated heterocycles. The number of hydrogen-bond acceptors (Lipinski definition) is 0. The molecule has 0 heterocycles. The van der Waals surface area contributed by atoms with E-state index in [9.17, 15) is 0 Å². The van der Waals surface area contributed by atoms with E-state index < -0.39 is 0 Å². The Hall–Kier alpha value is 2.37. The number of hydrogen-bond donors (Lipinski definition) is 0. The van der Waals surface area contributed by atoms with Crippen molar-refractivity contribution >= 4 is 28.3 Å². The maximum Gasteiger partial charge on any atom is 0.187 e. The molecule has 0 aliphatic carbocycles. The maximum absolute atomic E-state index is 0. The zero-order valence-corrected chi connectivity index (χ0v) is 5.60. The number of rotatable bonds is 0. The summed E-state index contributed by atoms with van der Waals surface area (Å²) in [6.07, 6.45) is 0. The van der Waals surface area contributed by atoms with Crippen molar-refractivity contribution in [2.45, 2.75) is 7.43 Å². The second-order valence-corrected chi connectivity index (χ2v) is 0. The predicted octanol–water partition coefficient (Wildman–Crippen LogP) is -2.00. The van der Waals surface area contributed by atoms with Crippen LogP contribution in [0.25, 0.3) is 0 Å². The average molecular weight is 262 g/mol. The Morgan fingerprint density at radius 1 is 1.00 bits per heavy atom. The van der Waals surface area contributed by atoms with Crippen LogP contribution in [0.4, 0.5) is 0 Å². The Balaban J connectivity index is 0. The van der Waals surface area contributed by atoms with Gasteiger partial charge < -0.3 is 0 Å². The molecule has 0 unspecified atom stereocenters. The van der Waals surface area contributed by atoms with Crippen LogP contribution in [0.1, 0.15) is 7.43 Å². The van der Waals surface area contributed by atoms with E-state index in [0.717, 1.165) is 0 Å². The van der Waals surface area contributed by atoms with E-state index in [4.69, 9.17) is 0 Å². The molecule has 0 amide bonds. The molecule has 0 aliphatic rings. The van der Waals surface area contributed by atoms with Crippen LogP contribution in [0, 0.1) is 0 Å². The van der Waals surface area contributed by atoms with Crippen LogP contribution in [0.5, 0.6) is 0 Å². The zero-order chi connectivity index (χ0) is 0. The van der Waals surface area contributed by atoms with Gasteiger partial charge in [0.05, 0.1) is 0 Å². The summed E-state index contributed by atoms with van der Waals surface area (Å²) in [6, 6.07) is 0. The third kappa shape index (κ3) is 21.6. The van der Waals surface area contributed by atoms with Gasteiger partial charge in [0.15, 0.2) is 17.4 Å². The van der Waals surface area contributed by atoms with Crippen molar-refractivity contribution in [3.63, 3.8) is 0 Å². The van der Waals surface area contributed by atoms with E-state index in [2.05, 4.69) is 0 Å². The monoisotopic (exact) mass is 261 g/mol. The Labute approximate surface area is 83.3 Å². The molecule has 0 aliphatic heterocycles. The first-order valence-electron chi connectivity index (χ1n) is 0. The minimum atomic E-state index is 0. The van der Waals surface area contributed by atoms with Crippen molar-refractivity contribution in [3.05, 3.63) is 0 Å². The van der Waals surface area contributed by atoms with Crippen molar-refractivity contribution in [1.29, 1.82) is 0 Å². The van der Waals surface area contributed by atoms with E-state index in [1.165, 1.54) is 0 Å². The minimum Gasteiger partial charge on any atom is -0.0776 e. The molecule has 0 aromatic carbocycles. The van der Waals surface area contributed by atoms with Crippen LogP contribution in [0.15, 0.2) is 0 Å². The molecule has 0 fully saturated rings.